The van der Waals surface area contributed by atoms with Gasteiger partial charge in [0, 0.05) is 0 Å². The van der Waals surface area contributed by atoms with Crippen molar-refractivity contribution in [2.24, 2.45) is 0 Å². The Morgan fingerprint density at radius 3 is 1.02 bits per heavy atom. The number of aliphatic hydroxyl groups is 14. The minimum atomic E-state index is -2.02. The summed E-state index contributed by atoms with van der Waals surface area (Å²) in [4.78, 5) is 0. The van der Waals surface area contributed by atoms with Crippen molar-refractivity contribution in [3.05, 3.63) is 0 Å². The molecule has 0 saturated carbocycles. The molecule has 4 aliphatic rings. The van der Waals surface area contributed by atoms with Crippen LogP contribution in [0.5, 0.6) is 0 Å². The first-order chi connectivity index (χ1) is 21.3. The topological polar surface area (TPSA) is 348 Å². The largest absolute Gasteiger partial charge is 0.394 e. The molecule has 0 unspecified atom stereocenters. The summed E-state index contributed by atoms with van der Waals surface area (Å²) in [5, 5.41) is 142. The Kier molecular flexibility index (Phi) is 12.8. The van der Waals surface area contributed by atoms with Gasteiger partial charge in [0.05, 0.1) is 26.4 Å². The van der Waals surface area contributed by atoms with E-state index in [9.17, 15) is 71.5 Å². The molecule has 4 saturated heterocycles. The van der Waals surface area contributed by atoms with Crippen LogP contribution < -0.4 is 0 Å². The van der Waals surface area contributed by atoms with E-state index in [2.05, 4.69) is 0 Å². The van der Waals surface area contributed by atoms with E-state index in [-0.39, 0.29) is 0 Å². The van der Waals surface area contributed by atoms with Crippen molar-refractivity contribution >= 4 is 0 Å². The smallest absolute Gasteiger partial charge is 0.187 e. The lowest BCUT2D eigenvalue weighted by Gasteiger charge is -2.49. The van der Waals surface area contributed by atoms with Crippen molar-refractivity contribution in [3.8, 4) is 0 Å². The molecule has 4 aliphatic heterocycles. The first kappa shape index (κ1) is 37.0. The molecule has 0 radical (unpaired) electrons. The lowest BCUT2D eigenvalue weighted by atomic mass is 9.95. The Morgan fingerprint density at radius 1 is 0.333 bits per heavy atom. The molecule has 14 N–H and O–H groups in total. The maximum atomic E-state index is 10.9. The van der Waals surface area contributed by atoms with Crippen LogP contribution in [0.2, 0.25) is 0 Å². The van der Waals surface area contributed by atoms with E-state index in [0.29, 0.717) is 0 Å². The van der Waals surface area contributed by atoms with Gasteiger partial charge in [-0.2, -0.15) is 0 Å². The minimum absolute atomic E-state index is 0.784. The molecule has 0 aromatic carbocycles. The summed E-state index contributed by atoms with van der Waals surface area (Å²) >= 11 is 0. The van der Waals surface area contributed by atoms with Crippen molar-refractivity contribution in [2.75, 3.05) is 26.4 Å². The molecule has 4 rings (SSSR count). The molecule has 0 aliphatic carbocycles. The second-order valence-electron chi connectivity index (χ2n) is 11.1. The van der Waals surface area contributed by atoms with Gasteiger partial charge < -0.3 is 105 Å². The molecule has 21 heteroatoms. The normalized spacial score (nSPS) is 52.9. The average Bonchev–Trinajstić information content (AvgIpc) is 3.03. The number of aliphatic hydroxyl groups excluding tert-OH is 14. The van der Waals surface area contributed by atoms with E-state index < -0.39 is 149 Å². The molecule has 21 nitrogen and oxygen atoms in total. The second-order valence-corrected chi connectivity index (χ2v) is 11.1. The van der Waals surface area contributed by atoms with Gasteiger partial charge in [0.2, 0.25) is 0 Å². The van der Waals surface area contributed by atoms with Crippen molar-refractivity contribution in [1.82, 2.24) is 0 Å². The van der Waals surface area contributed by atoms with E-state index >= 15 is 0 Å². The molecule has 4 fully saturated rings. The third-order valence-corrected chi connectivity index (χ3v) is 8.20. The van der Waals surface area contributed by atoms with Crippen molar-refractivity contribution < 1.29 is 105 Å². The van der Waals surface area contributed by atoms with Crippen LogP contribution in [-0.2, 0) is 33.2 Å². The van der Waals surface area contributed by atoms with Crippen LogP contribution >= 0.6 is 0 Å². The summed E-state index contributed by atoms with van der Waals surface area (Å²) in [7, 11) is 0. The van der Waals surface area contributed by atoms with Gasteiger partial charge in [0.25, 0.3) is 0 Å². The molecular formula is C24H42O21. The molecular weight excluding hydrogens is 624 g/mol. The van der Waals surface area contributed by atoms with Gasteiger partial charge in [-0.15, -0.1) is 0 Å². The Morgan fingerprint density at radius 2 is 0.644 bits per heavy atom. The average molecular weight is 667 g/mol. The van der Waals surface area contributed by atoms with Crippen LogP contribution in [-0.4, -0.2) is 221 Å². The zero-order valence-electron chi connectivity index (χ0n) is 23.5. The molecule has 20 atom stereocenters. The van der Waals surface area contributed by atoms with Crippen molar-refractivity contribution in [1.29, 1.82) is 0 Å². The highest BCUT2D eigenvalue weighted by Gasteiger charge is 2.55. The van der Waals surface area contributed by atoms with Gasteiger partial charge in [-0.25, -0.2) is 0 Å². The van der Waals surface area contributed by atoms with Gasteiger partial charge in [0.1, 0.15) is 97.7 Å². The first-order valence-electron chi connectivity index (χ1n) is 14.1. The number of ether oxygens (including phenoxy) is 7. The van der Waals surface area contributed by atoms with Gasteiger partial charge in [-0.3, -0.25) is 0 Å². The number of hydrogen-bond acceptors (Lipinski definition) is 21. The Bertz CT molecular complexity index is 910. The van der Waals surface area contributed by atoms with Crippen LogP contribution in [0.4, 0.5) is 0 Å². The Labute approximate surface area is 254 Å². The van der Waals surface area contributed by atoms with E-state index in [1.807, 2.05) is 0 Å². The van der Waals surface area contributed by atoms with Gasteiger partial charge in [-0.1, -0.05) is 0 Å². The zero-order chi connectivity index (χ0) is 33.3. The highest BCUT2D eigenvalue weighted by Crippen LogP contribution is 2.34. The van der Waals surface area contributed by atoms with Gasteiger partial charge in [-0.05, 0) is 0 Å². The van der Waals surface area contributed by atoms with Crippen LogP contribution in [0.1, 0.15) is 0 Å². The minimum Gasteiger partial charge on any atom is -0.394 e. The summed E-state index contributed by atoms with van der Waals surface area (Å²) in [6, 6.07) is 0. The third-order valence-electron chi connectivity index (χ3n) is 8.20. The fraction of sp³-hybridized carbons (Fsp3) is 1.00. The molecule has 0 bridgehead atoms. The van der Waals surface area contributed by atoms with E-state index in [1.165, 1.54) is 0 Å². The Hall–Kier alpha value is -0.840. The summed E-state index contributed by atoms with van der Waals surface area (Å²) in [6.07, 6.45) is -35.3. The van der Waals surface area contributed by atoms with Crippen LogP contribution in [0.3, 0.4) is 0 Å². The molecule has 264 valence electrons. The highest BCUT2D eigenvalue weighted by molar-refractivity contribution is 4.97. The molecule has 0 aromatic heterocycles. The summed E-state index contributed by atoms with van der Waals surface area (Å²) in [5.41, 5.74) is 0. The standard InChI is InChI=1S/C24H42O21/c25-1-5-9(29)10(30)15(35)22(40-5)44-19-7(3-27)42-24(17(37)12(19)32)45-20-8(4-28)41-23(16(36)13(20)33)43-18-6(2-26)39-21(38)14(34)11(18)31/h5-38H,1-4H2/t5-,6-,7-,8-,9+,10+,11+,12-,13-,14-,15+,16+,17+,18-,19-,20-,21-,22+,23+,24+/m1/s1. The first-order valence-corrected chi connectivity index (χ1v) is 14.1. The number of rotatable bonds is 10. The fourth-order valence-corrected chi connectivity index (χ4v) is 5.55. The second kappa shape index (κ2) is 15.6. The van der Waals surface area contributed by atoms with E-state index in [1.54, 1.807) is 0 Å². The maximum absolute atomic E-state index is 10.9. The third kappa shape index (κ3) is 7.44. The van der Waals surface area contributed by atoms with Crippen LogP contribution in [0.15, 0.2) is 0 Å². The zero-order valence-corrected chi connectivity index (χ0v) is 23.5. The predicted molar refractivity (Wildman–Crippen MR) is 134 cm³/mol. The molecule has 0 amide bonds. The Balaban J connectivity index is 1.43. The SMILES string of the molecule is OC[C@H]1O[C@@H](O[C@H]2[C@H](O)[C@H](O)[C@H](O[C@H]3[C@H](O)[C@H](O)[C@H](O[C@H]4[C@@H](O)[C@@H](O)[C@H](O)O[C@@H]4CO)O[C@@H]3CO)O[C@@H]2CO)[C@@H](O)[C@@H](O)[C@H]1O. The van der Waals surface area contributed by atoms with Crippen LogP contribution in [0, 0.1) is 0 Å². The van der Waals surface area contributed by atoms with Gasteiger partial charge >= 0.3 is 0 Å². The monoisotopic (exact) mass is 666 g/mol. The molecule has 0 aromatic rings. The molecule has 4 heterocycles. The summed E-state index contributed by atoms with van der Waals surface area (Å²) < 4.78 is 37.7. The fourth-order valence-electron chi connectivity index (χ4n) is 5.55. The molecule has 45 heavy (non-hydrogen) atoms. The van der Waals surface area contributed by atoms with Crippen molar-refractivity contribution in [3.63, 3.8) is 0 Å². The quantitative estimate of drug-likeness (QED) is 0.103. The van der Waals surface area contributed by atoms with Crippen LogP contribution in [0.25, 0.3) is 0 Å². The van der Waals surface area contributed by atoms with Gasteiger partial charge in [0.15, 0.2) is 25.2 Å². The lowest BCUT2D eigenvalue weighted by molar-refractivity contribution is -0.387. The summed E-state index contributed by atoms with van der Waals surface area (Å²) in [5.74, 6) is 0. The lowest BCUT2D eigenvalue weighted by Crippen LogP contribution is -2.67. The highest BCUT2D eigenvalue weighted by atomic mass is 16.8. The number of hydrogen-bond donors (Lipinski definition) is 14. The van der Waals surface area contributed by atoms with E-state index in [0.717, 1.165) is 0 Å². The molecule has 0 spiro atoms. The predicted octanol–water partition coefficient (Wildman–Crippen LogP) is -9.75. The van der Waals surface area contributed by atoms with E-state index in [4.69, 9.17) is 33.2 Å². The van der Waals surface area contributed by atoms with Crippen molar-refractivity contribution in [2.45, 2.75) is 123 Å². The maximum Gasteiger partial charge on any atom is 0.187 e. The summed E-state index contributed by atoms with van der Waals surface area (Å²) in [6.45, 7) is -3.39.